The number of hydrogen-bond donors (Lipinski definition) is 3. The summed E-state index contributed by atoms with van der Waals surface area (Å²) in [6, 6.07) is 0.486. The normalized spacial score (nSPS) is 42.6. The van der Waals surface area contributed by atoms with Gasteiger partial charge in [0.25, 0.3) is 6.02 Å². The second-order valence-electron chi connectivity index (χ2n) is 5.27. The molecular formula is C12H20N2O5. The first-order valence-corrected chi connectivity index (χ1v) is 6.82. The Labute approximate surface area is 111 Å². The smallest absolute Gasteiger partial charge is 0.290 e. The number of aliphatic hydroxyl groups is 3. The quantitative estimate of drug-likeness (QED) is 0.547. The summed E-state index contributed by atoms with van der Waals surface area (Å²) >= 11 is 0. The van der Waals surface area contributed by atoms with Crippen molar-refractivity contribution in [2.24, 2.45) is 4.99 Å². The molecular weight excluding hydrogens is 252 g/mol. The van der Waals surface area contributed by atoms with Crippen LogP contribution in [0.4, 0.5) is 0 Å². The molecule has 3 heterocycles. The van der Waals surface area contributed by atoms with Crippen LogP contribution in [-0.2, 0) is 9.47 Å². The molecule has 5 atom stereocenters. The summed E-state index contributed by atoms with van der Waals surface area (Å²) in [6.07, 6.45) is -0.983. The molecule has 19 heavy (non-hydrogen) atoms. The average Bonchev–Trinajstić information content (AvgIpc) is 2.88. The fraction of sp³-hybridized carbons (Fsp3) is 0.917. The fourth-order valence-corrected chi connectivity index (χ4v) is 2.81. The van der Waals surface area contributed by atoms with Gasteiger partial charge in [-0.2, -0.15) is 4.99 Å². The summed E-state index contributed by atoms with van der Waals surface area (Å²) in [7, 11) is 0. The van der Waals surface area contributed by atoms with Crippen molar-refractivity contribution in [3.63, 3.8) is 0 Å². The summed E-state index contributed by atoms with van der Waals surface area (Å²) in [5.41, 5.74) is 0. The number of aliphatic imine (C=N–C) groups is 1. The lowest BCUT2D eigenvalue weighted by atomic mass is 9.99. The van der Waals surface area contributed by atoms with Gasteiger partial charge in [0.15, 0.2) is 12.3 Å². The highest BCUT2D eigenvalue weighted by Crippen LogP contribution is 2.29. The average molecular weight is 272 g/mol. The largest absolute Gasteiger partial charge is 0.454 e. The van der Waals surface area contributed by atoms with Crippen LogP contribution in [-0.4, -0.2) is 76.6 Å². The first kappa shape index (κ1) is 13.1. The van der Waals surface area contributed by atoms with Crippen molar-refractivity contribution in [2.45, 2.75) is 49.9 Å². The third-order valence-corrected chi connectivity index (χ3v) is 3.95. The number of rotatable bonds is 1. The lowest BCUT2D eigenvalue weighted by Crippen LogP contribution is -2.57. The molecule has 0 amide bonds. The third-order valence-electron chi connectivity index (χ3n) is 3.95. The van der Waals surface area contributed by atoms with Crippen LogP contribution in [0, 0.1) is 0 Å². The minimum Gasteiger partial charge on any atom is -0.454 e. The van der Waals surface area contributed by atoms with E-state index in [1.807, 2.05) is 4.90 Å². The lowest BCUT2D eigenvalue weighted by molar-refractivity contribution is -0.214. The van der Waals surface area contributed by atoms with Crippen LogP contribution in [0.15, 0.2) is 4.99 Å². The van der Waals surface area contributed by atoms with Crippen LogP contribution < -0.4 is 0 Å². The van der Waals surface area contributed by atoms with Crippen LogP contribution in [0.2, 0.25) is 0 Å². The highest BCUT2D eigenvalue weighted by molar-refractivity contribution is 5.76. The van der Waals surface area contributed by atoms with E-state index in [1.165, 1.54) is 6.42 Å². The Morgan fingerprint density at radius 2 is 1.89 bits per heavy atom. The van der Waals surface area contributed by atoms with E-state index in [-0.39, 0.29) is 6.61 Å². The van der Waals surface area contributed by atoms with Gasteiger partial charge in [0, 0.05) is 13.1 Å². The molecule has 0 bridgehead atoms. The summed E-state index contributed by atoms with van der Waals surface area (Å²) in [5.74, 6) is 0. The maximum Gasteiger partial charge on any atom is 0.290 e. The number of likely N-dealkylation sites (tertiary alicyclic amines) is 1. The van der Waals surface area contributed by atoms with E-state index >= 15 is 0 Å². The van der Waals surface area contributed by atoms with E-state index in [0.717, 1.165) is 25.9 Å². The summed E-state index contributed by atoms with van der Waals surface area (Å²) in [5, 5.41) is 28.9. The zero-order valence-corrected chi connectivity index (χ0v) is 10.7. The number of amidine groups is 1. The van der Waals surface area contributed by atoms with Gasteiger partial charge in [-0.15, -0.1) is 0 Å². The molecule has 3 aliphatic heterocycles. The van der Waals surface area contributed by atoms with E-state index < -0.39 is 30.6 Å². The van der Waals surface area contributed by atoms with Gasteiger partial charge in [0.05, 0.1) is 6.61 Å². The standard InChI is InChI=1S/C12H20N2O5/c15-6-7-8(16)9(17)10-11(18-7)13-12(19-10)14-4-2-1-3-5-14/h7-11,15-17H,1-6H2/t7-,8-,9+,10-,11-/m1/s1. The number of piperidine rings is 1. The molecule has 0 spiro atoms. The Bertz CT molecular complexity index is 358. The number of aliphatic hydroxyl groups excluding tert-OH is 3. The van der Waals surface area contributed by atoms with Crippen LogP contribution >= 0.6 is 0 Å². The van der Waals surface area contributed by atoms with Gasteiger partial charge in [-0.3, -0.25) is 0 Å². The molecule has 0 aromatic rings. The molecule has 3 N–H and O–H groups in total. The van der Waals surface area contributed by atoms with E-state index in [4.69, 9.17) is 14.6 Å². The van der Waals surface area contributed by atoms with E-state index in [1.54, 1.807) is 0 Å². The third kappa shape index (κ3) is 2.31. The Hall–Kier alpha value is -0.890. The van der Waals surface area contributed by atoms with Gasteiger partial charge >= 0.3 is 0 Å². The molecule has 0 aliphatic carbocycles. The molecule has 0 saturated carbocycles. The van der Waals surface area contributed by atoms with Crippen LogP contribution in [0.25, 0.3) is 0 Å². The zero-order valence-electron chi connectivity index (χ0n) is 10.7. The summed E-state index contributed by atoms with van der Waals surface area (Å²) < 4.78 is 11.1. The highest BCUT2D eigenvalue weighted by atomic mass is 16.6. The molecule has 3 aliphatic rings. The molecule has 0 aromatic heterocycles. The Kier molecular flexibility index (Phi) is 3.62. The van der Waals surface area contributed by atoms with Gasteiger partial charge in [0.2, 0.25) is 0 Å². The predicted molar refractivity (Wildman–Crippen MR) is 65.5 cm³/mol. The van der Waals surface area contributed by atoms with Gasteiger partial charge < -0.3 is 29.7 Å². The van der Waals surface area contributed by atoms with Gasteiger partial charge in [-0.25, -0.2) is 0 Å². The van der Waals surface area contributed by atoms with Crippen molar-refractivity contribution in [1.82, 2.24) is 4.90 Å². The predicted octanol–water partition coefficient (Wildman–Crippen LogP) is -1.33. The molecule has 0 unspecified atom stereocenters. The van der Waals surface area contributed by atoms with Crippen molar-refractivity contribution < 1.29 is 24.8 Å². The second-order valence-corrected chi connectivity index (χ2v) is 5.27. The molecule has 3 rings (SSSR count). The minimum atomic E-state index is -1.15. The van der Waals surface area contributed by atoms with E-state index in [2.05, 4.69) is 4.99 Å². The minimum absolute atomic E-state index is 0.351. The van der Waals surface area contributed by atoms with Crippen LogP contribution in [0.3, 0.4) is 0 Å². The van der Waals surface area contributed by atoms with Crippen molar-refractivity contribution >= 4 is 6.02 Å². The first-order valence-electron chi connectivity index (χ1n) is 6.82. The number of hydrogen-bond acceptors (Lipinski definition) is 7. The Balaban J connectivity index is 1.71. The van der Waals surface area contributed by atoms with Gasteiger partial charge in [-0.05, 0) is 19.3 Å². The molecule has 7 nitrogen and oxygen atoms in total. The van der Waals surface area contributed by atoms with Crippen LogP contribution in [0.5, 0.6) is 0 Å². The SMILES string of the molecule is OC[C@H]1O[C@H]2N=C(N3CCCCC3)O[C@@H]2[C@@H](O)[C@@H]1O. The first-order chi connectivity index (χ1) is 9.20. The maximum absolute atomic E-state index is 10.0. The van der Waals surface area contributed by atoms with Crippen molar-refractivity contribution in [2.75, 3.05) is 19.7 Å². The monoisotopic (exact) mass is 272 g/mol. The molecule has 108 valence electrons. The number of fused-ring (bicyclic) bond motifs is 1. The van der Waals surface area contributed by atoms with E-state index in [9.17, 15) is 10.2 Å². The Morgan fingerprint density at radius 1 is 1.16 bits per heavy atom. The number of ether oxygens (including phenoxy) is 2. The number of nitrogens with zero attached hydrogens (tertiary/aromatic N) is 2. The summed E-state index contributed by atoms with van der Waals surface area (Å²) in [4.78, 5) is 6.37. The van der Waals surface area contributed by atoms with E-state index in [0.29, 0.717) is 6.02 Å². The molecule has 0 aromatic carbocycles. The van der Waals surface area contributed by atoms with Gasteiger partial charge in [-0.1, -0.05) is 0 Å². The topological polar surface area (TPSA) is 94.8 Å². The molecule has 2 fully saturated rings. The summed E-state index contributed by atoms with van der Waals surface area (Å²) in [6.45, 7) is 1.43. The van der Waals surface area contributed by atoms with Crippen molar-refractivity contribution in [3.8, 4) is 0 Å². The molecule has 7 heteroatoms. The van der Waals surface area contributed by atoms with Crippen LogP contribution in [0.1, 0.15) is 19.3 Å². The maximum atomic E-state index is 10.0. The lowest BCUT2D eigenvalue weighted by Gasteiger charge is -2.37. The fourth-order valence-electron chi connectivity index (χ4n) is 2.81. The van der Waals surface area contributed by atoms with Gasteiger partial charge in [0.1, 0.15) is 18.3 Å². The second kappa shape index (κ2) is 5.24. The highest BCUT2D eigenvalue weighted by Gasteiger charge is 2.49. The van der Waals surface area contributed by atoms with Crippen molar-refractivity contribution in [1.29, 1.82) is 0 Å². The molecule has 2 saturated heterocycles. The molecule has 0 radical (unpaired) electrons. The Morgan fingerprint density at radius 3 is 2.58 bits per heavy atom. The zero-order chi connectivity index (χ0) is 13.4. The van der Waals surface area contributed by atoms with Crippen molar-refractivity contribution in [3.05, 3.63) is 0 Å².